The third-order valence-electron chi connectivity index (χ3n) is 3.41. The van der Waals surface area contributed by atoms with Gasteiger partial charge in [-0.05, 0) is 57.9 Å². The molecule has 2 nitrogen and oxygen atoms in total. The number of ether oxygens (including phenoxy) is 1. The topological polar surface area (TPSA) is 21.3 Å². The zero-order valence-corrected chi connectivity index (χ0v) is 15.0. The number of nitrogens with one attached hydrogen (secondary N) is 1. The van der Waals surface area contributed by atoms with Crippen molar-refractivity contribution in [1.29, 1.82) is 0 Å². The molecule has 1 N–H and O–H groups in total. The van der Waals surface area contributed by atoms with Crippen molar-refractivity contribution in [1.82, 2.24) is 5.32 Å². The van der Waals surface area contributed by atoms with Gasteiger partial charge in [-0.1, -0.05) is 31.2 Å². The summed E-state index contributed by atoms with van der Waals surface area (Å²) in [6.45, 7) is 3.98. The SMILES string of the molecule is CCCNC(c1ccc(CCOC)cc1)c1sccc1Br. The fourth-order valence-corrected chi connectivity index (χ4v) is 3.96. The number of hydrogen-bond donors (Lipinski definition) is 1. The number of thiophene rings is 1. The summed E-state index contributed by atoms with van der Waals surface area (Å²) in [6.07, 6.45) is 2.10. The molecule has 114 valence electrons. The molecule has 0 fully saturated rings. The molecule has 0 aliphatic heterocycles. The van der Waals surface area contributed by atoms with Crippen LogP contribution in [0.5, 0.6) is 0 Å². The predicted molar refractivity (Wildman–Crippen MR) is 94.2 cm³/mol. The number of benzene rings is 1. The summed E-state index contributed by atoms with van der Waals surface area (Å²) in [5.41, 5.74) is 2.63. The van der Waals surface area contributed by atoms with Crippen LogP contribution in [0.1, 0.15) is 35.4 Å². The monoisotopic (exact) mass is 367 g/mol. The van der Waals surface area contributed by atoms with Crippen molar-refractivity contribution in [2.75, 3.05) is 20.3 Å². The van der Waals surface area contributed by atoms with Crippen LogP contribution in [0.25, 0.3) is 0 Å². The summed E-state index contributed by atoms with van der Waals surface area (Å²) in [5.74, 6) is 0. The second kappa shape index (κ2) is 8.69. The van der Waals surface area contributed by atoms with E-state index in [0.29, 0.717) is 0 Å². The lowest BCUT2D eigenvalue weighted by atomic mass is 10.0. The first-order valence-electron chi connectivity index (χ1n) is 7.30. The van der Waals surface area contributed by atoms with Gasteiger partial charge in [-0.15, -0.1) is 11.3 Å². The lowest BCUT2D eigenvalue weighted by Crippen LogP contribution is -2.22. The molecule has 0 aliphatic rings. The van der Waals surface area contributed by atoms with Gasteiger partial charge in [0.05, 0.1) is 12.6 Å². The second-order valence-electron chi connectivity index (χ2n) is 5.00. The van der Waals surface area contributed by atoms with Crippen LogP contribution in [0.2, 0.25) is 0 Å². The molecule has 1 unspecified atom stereocenters. The molecule has 1 aromatic carbocycles. The van der Waals surface area contributed by atoms with Crippen molar-refractivity contribution < 1.29 is 4.74 Å². The van der Waals surface area contributed by atoms with Crippen LogP contribution in [0.3, 0.4) is 0 Å². The third kappa shape index (κ3) is 4.65. The first-order valence-corrected chi connectivity index (χ1v) is 8.97. The van der Waals surface area contributed by atoms with E-state index in [0.717, 1.165) is 26.0 Å². The molecule has 0 radical (unpaired) electrons. The van der Waals surface area contributed by atoms with Crippen LogP contribution in [-0.4, -0.2) is 20.3 Å². The van der Waals surface area contributed by atoms with Crippen molar-refractivity contribution in [2.24, 2.45) is 0 Å². The van der Waals surface area contributed by atoms with Gasteiger partial charge in [0, 0.05) is 16.5 Å². The van der Waals surface area contributed by atoms with Crippen LogP contribution in [-0.2, 0) is 11.2 Å². The Morgan fingerprint density at radius 1 is 1.24 bits per heavy atom. The summed E-state index contributed by atoms with van der Waals surface area (Å²) in [6, 6.07) is 11.2. The third-order valence-corrected chi connectivity index (χ3v) is 5.35. The summed E-state index contributed by atoms with van der Waals surface area (Å²) < 4.78 is 6.32. The Kier molecular flexibility index (Phi) is 6.90. The van der Waals surface area contributed by atoms with Crippen molar-refractivity contribution in [3.05, 3.63) is 56.2 Å². The fourth-order valence-electron chi connectivity index (χ4n) is 2.26. The van der Waals surface area contributed by atoms with Crippen LogP contribution in [0.15, 0.2) is 40.2 Å². The minimum absolute atomic E-state index is 0.260. The van der Waals surface area contributed by atoms with E-state index in [-0.39, 0.29) is 6.04 Å². The molecule has 0 bridgehead atoms. The van der Waals surface area contributed by atoms with Crippen LogP contribution < -0.4 is 5.32 Å². The van der Waals surface area contributed by atoms with Gasteiger partial charge in [-0.3, -0.25) is 0 Å². The molecule has 2 rings (SSSR count). The lowest BCUT2D eigenvalue weighted by molar-refractivity contribution is 0.202. The molecule has 4 heteroatoms. The van der Waals surface area contributed by atoms with Gasteiger partial charge in [0.15, 0.2) is 0 Å². The van der Waals surface area contributed by atoms with Crippen molar-refractivity contribution in [3.8, 4) is 0 Å². The molecule has 0 saturated heterocycles. The minimum Gasteiger partial charge on any atom is -0.384 e. The van der Waals surface area contributed by atoms with E-state index in [1.807, 2.05) is 0 Å². The molecule has 2 aromatic rings. The highest BCUT2D eigenvalue weighted by Gasteiger charge is 2.17. The molecule has 0 spiro atoms. The van der Waals surface area contributed by atoms with Crippen molar-refractivity contribution in [2.45, 2.75) is 25.8 Å². The minimum atomic E-state index is 0.260. The van der Waals surface area contributed by atoms with Crippen molar-refractivity contribution in [3.63, 3.8) is 0 Å². The highest BCUT2D eigenvalue weighted by Crippen LogP contribution is 2.33. The maximum Gasteiger partial charge on any atom is 0.0682 e. The molecule has 0 aliphatic carbocycles. The Morgan fingerprint density at radius 3 is 2.57 bits per heavy atom. The van der Waals surface area contributed by atoms with Crippen molar-refractivity contribution >= 4 is 27.3 Å². The molecule has 1 heterocycles. The number of methoxy groups -OCH3 is 1. The summed E-state index contributed by atoms with van der Waals surface area (Å²) in [5, 5.41) is 5.78. The molecule has 0 saturated carbocycles. The molecule has 1 aromatic heterocycles. The Bertz CT molecular complexity index is 538. The molecule has 1 atom stereocenters. The first-order chi connectivity index (χ1) is 10.3. The Morgan fingerprint density at radius 2 is 2.00 bits per heavy atom. The van der Waals surface area contributed by atoms with E-state index in [4.69, 9.17) is 4.74 Å². The van der Waals surface area contributed by atoms with E-state index < -0.39 is 0 Å². The average Bonchev–Trinajstić information content (AvgIpc) is 2.93. The zero-order valence-electron chi connectivity index (χ0n) is 12.6. The smallest absolute Gasteiger partial charge is 0.0682 e. The predicted octanol–water partition coefficient (Wildman–Crippen LogP) is 4.79. The largest absolute Gasteiger partial charge is 0.384 e. The molecule has 0 amide bonds. The van der Waals surface area contributed by atoms with E-state index >= 15 is 0 Å². The maximum absolute atomic E-state index is 5.13. The molecular weight excluding hydrogens is 346 g/mol. The van der Waals surface area contributed by atoms with E-state index in [9.17, 15) is 0 Å². The van der Waals surface area contributed by atoms with Crippen LogP contribution in [0, 0.1) is 0 Å². The number of hydrogen-bond acceptors (Lipinski definition) is 3. The number of rotatable bonds is 8. The van der Waals surface area contributed by atoms with E-state index in [2.05, 4.69) is 63.9 Å². The summed E-state index contributed by atoms with van der Waals surface area (Å²) >= 11 is 5.45. The Labute approximate surface area is 139 Å². The summed E-state index contributed by atoms with van der Waals surface area (Å²) in [4.78, 5) is 1.34. The van der Waals surface area contributed by atoms with Crippen LogP contribution >= 0.6 is 27.3 Å². The first kappa shape index (κ1) is 16.7. The quantitative estimate of drug-likeness (QED) is 0.724. The van der Waals surface area contributed by atoms with Gasteiger partial charge in [0.25, 0.3) is 0 Å². The van der Waals surface area contributed by atoms with Gasteiger partial charge in [-0.2, -0.15) is 0 Å². The molecular formula is C17H22BrNOS. The average molecular weight is 368 g/mol. The standard InChI is InChI=1S/C17H22BrNOS/c1-3-10-19-16(17-15(18)9-12-21-17)14-6-4-13(5-7-14)8-11-20-2/h4-7,9,12,16,19H,3,8,10-11H2,1-2H3. The van der Waals surface area contributed by atoms with E-state index in [1.165, 1.54) is 20.5 Å². The van der Waals surface area contributed by atoms with E-state index in [1.54, 1.807) is 18.4 Å². The lowest BCUT2D eigenvalue weighted by Gasteiger charge is -2.19. The Balaban J connectivity index is 2.18. The normalized spacial score (nSPS) is 12.5. The molecule has 21 heavy (non-hydrogen) atoms. The van der Waals surface area contributed by atoms with Crippen LogP contribution in [0.4, 0.5) is 0 Å². The highest BCUT2D eigenvalue weighted by atomic mass is 79.9. The fraction of sp³-hybridized carbons (Fsp3) is 0.412. The highest BCUT2D eigenvalue weighted by molar-refractivity contribution is 9.10. The van der Waals surface area contributed by atoms with Gasteiger partial charge >= 0.3 is 0 Å². The van der Waals surface area contributed by atoms with Gasteiger partial charge in [0.2, 0.25) is 0 Å². The number of halogens is 1. The van der Waals surface area contributed by atoms with Gasteiger partial charge < -0.3 is 10.1 Å². The zero-order chi connectivity index (χ0) is 15.1. The maximum atomic E-state index is 5.13. The summed E-state index contributed by atoms with van der Waals surface area (Å²) in [7, 11) is 1.74. The van der Waals surface area contributed by atoms with Gasteiger partial charge in [-0.25, -0.2) is 0 Å². The second-order valence-corrected chi connectivity index (χ2v) is 6.81. The van der Waals surface area contributed by atoms with Gasteiger partial charge in [0.1, 0.15) is 0 Å². The Hall–Kier alpha value is -0.680.